The standard InChI is InChI=1S/C16H22O2/c17-14-6-2-1-4-12(10-14)13-5-3-7-16(11-13)18-15-8-9-15/h3,5,7,11-12,14-15,17H,1-2,4,6,8-10H2. The highest BCUT2D eigenvalue weighted by Crippen LogP contribution is 2.34. The normalized spacial score (nSPS) is 28.7. The Morgan fingerprint density at radius 2 is 1.89 bits per heavy atom. The number of hydrogen-bond donors (Lipinski definition) is 1. The van der Waals surface area contributed by atoms with Crippen LogP contribution < -0.4 is 4.74 Å². The van der Waals surface area contributed by atoms with E-state index in [1.807, 2.05) is 0 Å². The molecule has 0 bridgehead atoms. The maximum absolute atomic E-state index is 9.91. The Balaban J connectivity index is 1.72. The van der Waals surface area contributed by atoms with Crippen LogP contribution in [0.2, 0.25) is 0 Å². The Morgan fingerprint density at radius 1 is 1.06 bits per heavy atom. The number of aliphatic hydroxyl groups excluding tert-OH is 1. The van der Waals surface area contributed by atoms with Gasteiger partial charge < -0.3 is 9.84 Å². The molecule has 3 rings (SSSR count). The van der Waals surface area contributed by atoms with Crippen LogP contribution in [0, 0.1) is 0 Å². The minimum atomic E-state index is -0.120. The maximum Gasteiger partial charge on any atom is 0.119 e. The first kappa shape index (κ1) is 12.0. The smallest absolute Gasteiger partial charge is 0.119 e. The second kappa shape index (κ2) is 5.31. The second-order valence-corrected chi connectivity index (χ2v) is 5.76. The fourth-order valence-electron chi connectivity index (χ4n) is 2.86. The minimum absolute atomic E-state index is 0.120. The molecule has 0 spiro atoms. The fourth-order valence-corrected chi connectivity index (χ4v) is 2.86. The largest absolute Gasteiger partial charge is 0.490 e. The van der Waals surface area contributed by atoms with E-state index in [0.717, 1.165) is 25.0 Å². The first-order valence-corrected chi connectivity index (χ1v) is 7.26. The first-order chi connectivity index (χ1) is 8.81. The lowest BCUT2D eigenvalue weighted by Gasteiger charge is -2.17. The van der Waals surface area contributed by atoms with E-state index < -0.39 is 0 Å². The van der Waals surface area contributed by atoms with Gasteiger partial charge >= 0.3 is 0 Å². The average Bonchev–Trinajstić information content (AvgIpc) is 3.18. The summed E-state index contributed by atoms with van der Waals surface area (Å²) in [6.45, 7) is 0. The fraction of sp³-hybridized carbons (Fsp3) is 0.625. The molecule has 2 aliphatic carbocycles. The molecule has 0 saturated heterocycles. The van der Waals surface area contributed by atoms with E-state index in [-0.39, 0.29) is 6.10 Å². The van der Waals surface area contributed by atoms with Crippen molar-refractivity contribution in [3.05, 3.63) is 29.8 Å². The zero-order valence-corrected chi connectivity index (χ0v) is 10.8. The van der Waals surface area contributed by atoms with Crippen LogP contribution in [0.1, 0.15) is 56.4 Å². The number of rotatable bonds is 3. The topological polar surface area (TPSA) is 29.5 Å². The Bertz CT molecular complexity index is 398. The van der Waals surface area contributed by atoms with Gasteiger partial charge in [-0.3, -0.25) is 0 Å². The van der Waals surface area contributed by atoms with Gasteiger partial charge in [0.25, 0.3) is 0 Å². The lowest BCUT2D eigenvalue weighted by atomic mass is 9.91. The molecule has 0 heterocycles. The van der Waals surface area contributed by atoms with Crippen LogP contribution in [-0.4, -0.2) is 17.3 Å². The molecule has 98 valence electrons. The average molecular weight is 246 g/mol. The monoisotopic (exact) mass is 246 g/mol. The van der Waals surface area contributed by atoms with Gasteiger partial charge in [-0.2, -0.15) is 0 Å². The molecule has 1 aromatic carbocycles. The summed E-state index contributed by atoms with van der Waals surface area (Å²) >= 11 is 0. The highest BCUT2D eigenvalue weighted by Gasteiger charge is 2.24. The lowest BCUT2D eigenvalue weighted by Crippen LogP contribution is -2.09. The van der Waals surface area contributed by atoms with Crippen molar-refractivity contribution in [1.82, 2.24) is 0 Å². The second-order valence-electron chi connectivity index (χ2n) is 5.76. The number of ether oxygens (including phenoxy) is 1. The van der Waals surface area contributed by atoms with Crippen molar-refractivity contribution in [2.75, 3.05) is 0 Å². The Morgan fingerprint density at radius 3 is 2.72 bits per heavy atom. The van der Waals surface area contributed by atoms with E-state index in [1.165, 1.54) is 31.2 Å². The van der Waals surface area contributed by atoms with E-state index >= 15 is 0 Å². The van der Waals surface area contributed by atoms with Gasteiger partial charge in [-0.05, 0) is 55.7 Å². The third-order valence-corrected chi connectivity index (χ3v) is 4.05. The minimum Gasteiger partial charge on any atom is -0.490 e. The van der Waals surface area contributed by atoms with Gasteiger partial charge in [-0.15, -0.1) is 0 Å². The van der Waals surface area contributed by atoms with E-state index in [4.69, 9.17) is 4.74 Å². The van der Waals surface area contributed by atoms with Crippen LogP contribution in [-0.2, 0) is 0 Å². The molecule has 2 atom stereocenters. The van der Waals surface area contributed by atoms with Crippen molar-refractivity contribution < 1.29 is 9.84 Å². The van der Waals surface area contributed by atoms with Crippen LogP contribution in [0.3, 0.4) is 0 Å². The molecule has 1 N–H and O–H groups in total. The van der Waals surface area contributed by atoms with Gasteiger partial charge in [0, 0.05) is 0 Å². The summed E-state index contributed by atoms with van der Waals surface area (Å²) in [6.07, 6.45) is 8.21. The molecule has 2 saturated carbocycles. The molecule has 0 radical (unpaired) electrons. The summed E-state index contributed by atoms with van der Waals surface area (Å²) in [7, 11) is 0. The van der Waals surface area contributed by atoms with Gasteiger partial charge in [0.05, 0.1) is 12.2 Å². The molecular weight excluding hydrogens is 224 g/mol. The highest BCUT2D eigenvalue weighted by atomic mass is 16.5. The van der Waals surface area contributed by atoms with E-state index in [1.54, 1.807) is 0 Å². The lowest BCUT2D eigenvalue weighted by molar-refractivity contribution is 0.152. The maximum atomic E-state index is 9.91. The number of hydrogen-bond acceptors (Lipinski definition) is 2. The quantitative estimate of drug-likeness (QED) is 0.825. The van der Waals surface area contributed by atoms with Crippen molar-refractivity contribution in [1.29, 1.82) is 0 Å². The SMILES string of the molecule is OC1CCCCC(c2cccc(OC3CC3)c2)C1. The van der Waals surface area contributed by atoms with Crippen molar-refractivity contribution in [3.63, 3.8) is 0 Å². The van der Waals surface area contributed by atoms with Gasteiger partial charge in [0.1, 0.15) is 5.75 Å². The van der Waals surface area contributed by atoms with Crippen LogP contribution in [0.15, 0.2) is 24.3 Å². The summed E-state index contributed by atoms with van der Waals surface area (Å²) in [6, 6.07) is 8.50. The number of aliphatic hydroxyl groups is 1. The molecule has 2 aliphatic rings. The summed E-state index contributed by atoms with van der Waals surface area (Å²) < 4.78 is 5.85. The molecule has 2 nitrogen and oxygen atoms in total. The van der Waals surface area contributed by atoms with Gasteiger partial charge in [-0.1, -0.05) is 25.0 Å². The molecule has 0 aliphatic heterocycles. The van der Waals surface area contributed by atoms with Crippen molar-refractivity contribution in [3.8, 4) is 5.75 Å². The van der Waals surface area contributed by atoms with Crippen molar-refractivity contribution >= 4 is 0 Å². The Labute approximate surface area is 109 Å². The first-order valence-electron chi connectivity index (χ1n) is 7.26. The van der Waals surface area contributed by atoms with Crippen molar-refractivity contribution in [2.24, 2.45) is 0 Å². The summed E-state index contributed by atoms with van der Waals surface area (Å²) in [5.41, 5.74) is 1.34. The molecule has 2 heteroatoms. The van der Waals surface area contributed by atoms with Gasteiger partial charge in [0.2, 0.25) is 0 Å². The number of benzene rings is 1. The molecule has 2 fully saturated rings. The van der Waals surface area contributed by atoms with E-state index in [9.17, 15) is 5.11 Å². The highest BCUT2D eigenvalue weighted by molar-refractivity contribution is 5.31. The van der Waals surface area contributed by atoms with E-state index in [0.29, 0.717) is 12.0 Å². The zero-order valence-electron chi connectivity index (χ0n) is 10.8. The summed E-state index contributed by atoms with van der Waals surface area (Å²) in [4.78, 5) is 0. The van der Waals surface area contributed by atoms with E-state index in [2.05, 4.69) is 24.3 Å². The predicted octanol–water partition coefficient (Wildman–Crippen LogP) is 3.64. The molecule has 1 aromatic rings. The van der Waals surface area contributed by atoms with Crippen LogP contribution in [0.5, 0.6) is 5.75 Å². The third kappa shape index (κ3) is 3.05. The molecule has 0 amide bonds. The Hall–Kier alpha value is -1.02. The van der Waals surface area contributed by atoms with Gasteiger partial charge in [-0.25, -0.2) is 0 Å². The third-order valence-electron chi connectivity index (χ3n) is 4.05. The Kier molecular flexibility index (Phi) is 3.55. The van der Waals surface area contributed by atoms with Crippen LogP contribution in [0.25, 0.3) is 0 Å². The van der Waals surface area contributed by atoms with Crippen LogP contribution in [0.4, 0.5) is 0 Å². The molecule has 18 heavy (non-hydrogen) atoms. The predicted molar refractivity (Wildman–Crippen MR) is 71.9 cm³/mol. The van der Waals surface area contributed by atoms with Gasteiger partial charge in [0.15, 0.2) is 0 Å². The van der Waals surface area contributed by atoms with Crippen LogP contribution >= 0.6 is 0 Å². The summed E-state index contributed by atoms with van der Waals surface area (Å²) in [5.74, 6) is 1.51. The molecule has 0 aromatic heterocycles. The zero-order chi connectivity index (χ0) is 12.4. The summed E-state index contributed by atoms with van der Waals surface area (Å²) in [5, 5.41) is 9.91. The molecule has 2 unspecified atom stereocenters. The molecular formula is C16H22O2. The van der Waals surface area contributed by atoms with Crippen molar-refractivity contribution in [2.45, 2.75) is 63.1 Å².